The summed E-state index contributed by atoms with van der Waals surface area (Å²) in [6.07, 6.45) is 0. The number of benzene rings is 1. The van der Waals surface area contributed by atoms with Gasteiger partial charge in [0.2, 0.25) is 0 Å². The third-order valence-corrected chi connectivity index (χ3v) is 3.22. The van der Waals surface area contributed by atoms with Crippen LogP contribution < -0.4 is 5.32 Å². The van der Waals surface area contributed by atoms with Crippen molar-refractivity contribution in [1.82, 2.24) is 5.32 Å². The van der Waals surface area contributed by atoms with E-state index in [-0.39, 0.29) is 12.6 Å². The van der Waals surface area contributed by atoms with Gasteiger partial charge in [0.25, 0.3) is 0 Å². The molecule has 0 aliphatic rings. The standard InChI is InChI=1S/C13H18BrNO3/c1-9(10-5-4-6-11(14)7-10)15-8-13(2,17)12(16)18-3/h4-7,9,15,17H,8H2,1-3H3. The van der Waals surface area contributed by atoms with E-state index < -0.39 is 11.6 Å². The first-order valence-corrected chi connectivity index (χ1v) is 6.46. The molecule has 18 heavy (non-hydrogen) atoms. The first kappa shape index (κ1) is 15.1. The lowest BCUT2D eigenvalue weighted by Crippen LogP contribution is -2.46. The molecule has 1 rings (SSSR count). The number of aliphatic hydroxyl groups is 1. The van der Waals surface area contributed by atoms with E-state index in [0.29, 0.717) is 0 Å². The highest BCUT2D eigenvalue weighted by Gasteiger charge is 2.31. The maximum atomic E-state index is 11.3. The van der Waals surface area contributed by atoms with Crippen LogP contribution in [0.1, 0.15) is 25.5 Å². The van der Waals surface area contributed by atoms with Crippen LogP contribution in [0.15, 0.2) is 28.7 Å². The molecule has 0 saturated carbocycles. The predicted octanol–water partition coefficient (Wildman–Crippen LogP) is 2.02. The molecule has 0 aliphatic carbocycles. The number of ether oxygens (including phenoxy) is 1. The number of hydrogen-bond acceptors (Lipinski definition) is 4. The average molecular weight is 316 g/mol. The molecule has 1 aromatic rings. The van der Waals surface area contributed by atoms with Crippen LogP contribution in [-0.4, -0.2) is 30.3 Å². The second-order valence-corrected chi connectivity index (χ2v) is 5.34. The molecule has 2 N–H and O–H groups in total. The molecular formula is C13H18BrNO3. The first-order chi connectivity index (χ1) is 8.36. The smallest absolute Gasteiger partial charge is 0.338 e. The second-order valence-electron chi connectivity index (χ2n) is 4.42. The Hall–Kier alpha value is -0.910. The van der Waals surface area contributed by atoms with Crippen molar-refractivity contribution in [3.05, 3.63) is 34.3 Å². The minimum Gasteiger partial charge on any atom is -0.467 e. The van der Waals surface area contributed by atoms with Gasteiger partial charge in [-0.25, -0.2) is 4.79 Å². The molecule has 0 bridgehead atoms. The van der Waals surface area contributed by atoms with Gasteiger partial charge in [0.15, 0.2) is 5.60 Å². The Morgan fingerprint density at radius 1 is 1.61 bits per heavy atom. The summed E-state index contributed by atoms with van der Waals surface area (Å²) in [6.45, 7) is 3.53. The molecule has 0 fully saturated rings. The van der Waals surface area contributed by atoms with E-state index in [2.05, 4.69) is 26.0 Å². The molecule has 2 atom stereocenters. The molecule has 0 aliphatic heterocycles. The van der Waals surface area contributed by atoms with E-state index in [1.807, 2.05) is 31.2 Å². The minimum absolute atomic E-state index is 0.0265. The van der Waals surface area contributed by atoms with Crippen molar-refractivity contribution >= 4 is 21.9 Å². The van der Waals surface area contributed by atoms with E-state index >= 15 is 0 Å². The van der Waals surface area contributed by atoms with Gasteiger partial charge in [-0.05, 0) is 31.5 Å². The van der Waals surface area contributed by atoms with E-state index in [0.717, 1.165) is 10.0 Å². The van der Waals surface area contributed by atoms with Crippen LogP contribution in [0.2, 0.25) is 0 Å². The van der Waals surface area contributed by atoms with Crippen molar-refractivity contribution in [3.63, 3.8) is 0 Å². The fraction of sp³-hybridized carbons (Fsp3) is 0.462. The van der Waals surface area contributed by atoms with Gasteiger partial charge < -0.3 is 15.2 Å². The highest BCUT2D eigenvalue weighted by atomic mass is 79.9. The third kappa shape index (κ3) is 4.08. The van der Waals surface area contributed by atoms with E-state index in [1.54, 1.807) is 0 Å². The molecule has 0 spiro atoms. The monoisotopic (exact) mass is 315 g/mol. The quantitative estimate of drug-likeness (QED) is 0.816. The van der Waals surface area contributed by atoms with Gasteiger partial charge in [-0.15, -0.1) is 0 Å². The predicted molar refractivity (Wildman–Crippen MR) is 73.2 cm³/mol. The van der Waals surface area contributed by atoms with Crippen molar-refractivity contribution in [2.75, 3.05) is 13.7 Å². The normalized spacial score (nSPS) is 15.8. The average Bonchev–Trinajstić information content (AvgIpc) is 2.35. The summed E-state index contributed by atoms with van der Waals surface area (Å²) in [7, 11) is 1.26. The Bertz CT molecular complexity index is 420. The zero-order valence-electron chi connectivity index (χ0n) is 10.7. The molecule has 0 heterocycles. The number of carbonyl (C=O) groups is 1. The van der Waals surface area contributed by atoms with Gasteiger partial charge in [0, 0.05) is 17.1 Å². The van der Waals surface area contributed by atoms with Crippen molar-refractivity contribution < 1.29 is 14.6 Å². The van der Waals surface area contributed by atoms with Crippen molar-refractivity contribution in [1.29, 1.82) is 0 Å². The van der Waals surface area contributed by atoms with Crippen LogP contribution in [0, 0.1) is 0 Å². The zero-order chi connectivity index (χ0) is 13.8. The summed E-state index contributed by atoms with van der Waals surface area (Å²) in [4.78, 5) is 11.3. The maximum absolute atomic E-state index is 11.3. The SMILES string of the molecule is COC(=O)C(C)(O)CNC(C)c1cccc(Br)c1. The van der Waals surface area contributed by atoms with Crippen molar-refractivity contribution in [2.24, 2.45) is 0 Å². The van der Waals surface area contributed by atoms with Crippen LogP contribution >= 0.6 is 15.9 Å². The fourth-order valence-electron chi connectivity index (χ4n) is 1.54. The molecular weight excluding hydrogens is 298 g/mol. The number of carbonyl (C=O) groups excluding carboxylic acids is 1. The summed E-state index contributed by atoms with van der Waals surface area (Å²) in [5.74, 6) is -0.642. The molecule has 100 valence electrons. The first-order valence-electron chi connectivity index (χ1n) is 5.66. The van der Waals surface area contributed by atoms with Crippen LogP contribution in [0.4, 0.5) is 0 Å². The summed E-state index contributed by atoms with van der Waals surface area (Å²) in [6, 6.07) is 7.88. The van der Waals surface area contributed by atoms with Crippen molar-refractivity contribution in [3.8, 4) is 0 Å². The summed E-state index contributed by atoms with van der Waals surface area (Å²) in [5.41, 5.74) is -0.445. The van der Waals surface area contributed by atoms with Crippen LogP contribution in [0.5, 0.6) is 0 Å². The summed E-state index contributed by atoms with van der Waals surface area (Å²) < 4.78 is 5.53. The molecule has 0 radical (unpaired) electrons. The fourth-order valence-corrected chi connectivity index (χ4v) is 1.95. The Morgan fingerprint density at radius 3 is 2.83 bits per heavy atom. The molecule has 4 nitrogen and oxygen atoms in total. The highest BCUT2D eigenvalue weighted by Crippen LogP contribution is 2.18. The van der Waals surface area contributed by atoms with Crippen molar-refractivity contribution in [2.45, 2.75) is 25.5 Å². The van der Waals surface area contributed by atoms with Gasteiger partial charge in [-0.3, -0.25) is 0 Å². The van der Waals surface area contributed by atoms with E-state index in [9.17, 15) is 9.90 Å². The lowest BCUT2D eigenvalue weighted by molar-refractivity contribution is -0.160. The molecule has 5 heteroatoms. The van der Waals surface area contributed by atoms with Gasteiger partial charge in [-0.1, -0.05) is 28.1 Å². The van der Waals surface area contributed by atoms with E-state index in [4.69, 9.17) is 0 Å². The third-order valence-electron chi connectivity index (χ3n) is 2.73. The Kier molecular flexibility index (Phi) is 5.31. The minimum atomic E-state index is -1.52. The second kappa shape index (κ2) is 6.31. The highest BCUT2D eigenvalue weighted by molar-refractivity contribution is 9.10. The molecule has 0 amide bonds. The number of rotatable bonds is 5. The van der Waals surface area contributed by atoms with E-state index in [1.165, 1.54) is 14.0 Å². The zero-order valence-corrected chi connectivity index (χ0v) is 12.3. The number of hydrogen-bond donors (Lipinski definition) is 2. The Labute approximate surface area is 115 Å². The molecule has 0 saturated heterocycles. The van der Waals surface area contributed by atoms with Gasteiger partial charge in [0.1, 0.15) is 0 Å². The lowest BCUT2D eigenvalue weighted by atomic mass is 10.0. The molecule has 0 aromatic heterocycles. The molecule has 2 unspecified atom stereocenters. The number of nitrogens with one attached hydrogen (secondary N) is 1. The summed E-state index contributed by atoms with van der Waals surface area (Å²) in [5, 5.41) is 13.0. The van der Waals surface area contributed by atoms with Gasteiger partial charge >= 0.3 is 5.97 Å². The van der Waals surface area contributed by atoms with Crippen LogP contribution in [-0.2, 0) is 9.53 Å². The largest absolute Gasteiger partial charge is 0.467 e. The topological polar surface area (TPSA) is 58.6 Å². The van der Waals surface area contributed by atoms with Gasteiger partial charge in [-0.2, -0.15) is 0 Å². The number of halogens is 1. The molecule has 1 aromatic carbocycles. The van der Waals surface area contributed by atoms with Crippen LogP contribution in [0.3, 0.4) is 0 Å². The Morgan fingerprint density at radius 2 is 2.28 bits per heavy atom. The van der Waals surface area contributed by atoms with Gasteiger partial charge in [0.05, 0.1) is 7.11 Å². The summed E-state index contributed by atoms with van der Waals surface area (Å²) >= 11 is 3.40. The maximum Gasteiger partial charge on any atom is 0.338 e. The number of esters is 1. The van der Waals surface area contributed by atoms with Crippen LogP contribution in [0.25, 0.3) is 0 Å². The lowest BCUT2D eigenvalue weighted by Gasteiger charge is -2.23. The Balaban J connectivity index is 2.61. The number of methoxy groups -OCH3 is 1.